The molecule has 0 heterocycles. The zero-order valence-electron chi connectivity index (χ0n) is 16.0. The Morgan fingerprint density at radius 3 is 2.38 bits per heavy atom. The van der Waals surface area contributed by atoms with Gasteiger partial charge >= 0.3 is 0 Å². The molecule has 5 nitrogen and oxygen atoms in total. The van der Waals surface area contributed by atoms with Gasteiger partial charge in [0.15, 0.2) is 0 Å². The van der Waals surface area contributed by atoms with Crippen LogP contribution in [-0.4, -0.2) is 14.3 Å². The summed E-state index contributed by atoms with van der Waals surface area (Å²) < 4.78 is 28.2. The van der Waals surface area contributed by atoms with E-state index < -0.39 is 10.0 Å². The highest BCUT2D eigenvalue weighted by molar-refractivity contribution is 7.92. The van der Waals surface area contributed by atoms with E-state index in [0.717, 1.165) is 11.1 Å². The van der Waals surface area contributed by atoms with Gasteiger partial charge in [-0.25, -0.2) is 8.42 Å². The van der Waals surface area contributed by atoms with Crippen molar-refractivity contribution in [2.24, 2.45) is 0 Å². The lowest BCUT2D eigenvalue weighted by atomic mass is 10.1. The number of amides is 1. The van der Waals surface area contributed by atoms with Gasteiger partial charge in [-0.15, -0.1) is 0 Å². The van der Waals surface area contributed by atoms with Crippen LogP contribution in [0.5, 0.6) is 0 Å². The first-order valence-corrected chi connectivity index (χ1v) is 10.9. The molecule has 3 aromatic rings. The SMILES string of the molecule is Cc1cccc(NS(=O)(=O)c2cc(C(=O)NC(C)c3ccccc3)ccc2Cl)c1. The zero-order valence-corrected chi connectivity index (χ0v) is 17.6. The molecule has 0 aliphatic carbocycles. The van der Waals surface area contributed by atoms with Gasteiger partial charge in [0.2, 0.25) is 0 Å². The number of halogens is 1. The molecule has 3 aromatic carbocycles. The van der Waals surface area contributed by atoms with Gasteiger partial charge in [0.1, 0.15) is 4.90 Å². The number of nitrogens with one attached hydrogen (secondary N) is 2. The average molecular weight is 429 g/mol. The van der Waals surface area contributed by atoms with Crippen LogP contribution in [0, 0.1) is 6.92 Å². The van der Waals surface area contributed by atoms with Crippen LogP contribution in [0.2, 0.25) is 5.02 Å². The quantitative estimate of drug-likeness (QED) is 0.583. The molecule has 29 heavy (non-hydrogen) atoms. The summed E-state index contributed by atoms with van der Waals surface area (Å²) in [5.41, 5.74) is 2.50. The molecule has 0 aromatic heterocycles. The van der Waals surface area contributed by atoms with Crippen LogP contribution in [0.15, 0.2) is 77.7 Å². The highest BCUT2D eigenvalue weighted by atomic mass is 35.5. The number of hydrogen-bond acceptors (Lipinski definition) is 3. The summed E-state index contributed by atoms with van der Waals surface area (Å²) in [6.45, 7) is 3.73. The van der Waals surface area contributed by atoms with Crippen molar-refractivity contribution in [1.82, 2.24) is 5.32 Å². The van der Waals surface area contributed by atoms with Gasteiger partial charge in [-0.1, -0.05) is 54.1 Å². The van der Waals surface area contributed by atoms with Crippen molar-refractivity contribution in [2.45, 2.75) is 24.8 Å². The fourth-order valence-electron chi connectivity index (χ4n) is 2.87. The van der Waals surface area contributed by atoms with Crippen LogP contribution in [0.4, 0.5) is 5.69 Å². The van der Waals surface area contributed by atoms with Crippen molar-refractivity contribution in [3.63, 3.8) is 0 Å². The molecule has 1 amide bonds. The zero-order chi connectivity index (χ0) is 21.0. The Morgan fingerprint density at radius 2 is 1.69 bits per heavy atom. The number of rotatable bonds is 6. The van der Waals surface area contributed by atoms with Gasteiger partial charge in [-0.05, 0) is 55.3 Å². The summed E-state index contributed by atoms with van der Waals surface area (Å²) in [6.07, 6.45) is 0. The molecular formula is C22H21ClN2O3S. The number of aryl methyl sites for hydroxylation is 1. The standard InChI is InChI=1S/C22H21ClN2O3S/c1-15-7-6-10-19(13-15)25-29(27,28)21-14-18(11-12-20(21)23)22(26)24-16(2)17-8-4-3-5-9-17/h3-14,16,25H,1-2H3,(H,24,26). The number of hydrogen-bond donors (Lipinski definition) is 2. The third-order valence-corrected chi connectivity index (χ3v) is 6.26. The van der Waals surface area contributed by atoms with Crippen LogP contribution in [0.1, 0.15) is 34.5 Å². The Balaban J connectivity index is 1.84. The lowest BCUT2D eigenvalue weighted by molar-refractivity contribution is 0.0939. The molecule has 7 heteroatoms. The monoisotopic (exact) mass is 428 g/mol. The van der Waals surface area contributed by atoms with E-state index >= 15 is 0 Å². The second kappa shape index (κ2) is 8.68. The molecule has 0 spiro atoms. The van der Waals surface area contributed by atoms with Crippen LogP contribution < -0.4 is 10.0 Å². The largest absolute Gasteiger partial charge is 0.346 e. The predicted octanol–water partition coefficient (Wildman–Crippen LogP) is 4.94. The highest BCUT2D eigenvalue weighted by Gasteiger charge is 2.21. The second-order valence-corrected chi connectivity index (χ2v) is 8.78. The maximum atomic E-state index is 12.8. The van der Waals surface area contributed by atoms with Crippen molar-refractivity contribution in [3.05, 3.63) is 94.5 Å². The number of anilines is 1. The van der Waals surface area contributed by atoms with Gasteiger partial charge in [0.05, 0.1) is 11.1 Å². The predicted molar refractivity (Wildman–Crippen MR) is 116 cm³/mol. The van der Waals surface area contributed by atoms with Crippen molar-refractivity contribution in [2.75, 3.05) is 4.72 Å². The average Bonchev–Trinajstić information content (AvgIpc) is 2.68. The molecule has 2 N–H and O–H groups in total. The molecule has 0 radical (unpaired) electrons. The Bertz CT molecular complexity index is 1130. The van der Waals surface area contributed by atoms with E-state index in [2.05, 4.69) is 10.0 Å². The lowest BCUT2D eigenvalue weighted by Gasteiger charge is -2.15. The minimum atomic E-state index is -3.96. The molecule has 1 atom stereocenters. The van der Waals surface area contributed by atoms with Crippen molar-refractivity contribution in [1.29, 1.82) is 0 Å². The minimum absolute atomic E-state index is 0.0396. The summed E-state index contributed by atoms with van der Waals surface area (Å²) in [4.78, 5) is 12.5. The van der Waals surface area contributed by atoms with Crippen LogP contribution >= 0.6 is 11.6 Å². The Morgan fingerprint density at radius 1 is 0.966 bits per heavy atom. The first-order valence-electron chi connectivity index (χ1n) is 9.01. The molecule has 0 saturated heterocycles. The van der Waals surface area contributed by atoms with Crippen LogP contribution in [-0.2, 0) is 10.0 Å². The molecule has 0 aliphatic heterocycles. The number of sulfonamides is 1. The Labute approximate surface area is 175 Å². The summed E-state index contributed by atoms with van der Waals surface area (Å²) in [5.74, 6) is -0.384. The Hall–Kier alpha value is -2.83. The fourth-order valence-corrected chi connectivity index (χ4v) is 4.45. The third-order valence-electron chi connectivity index (χ3n) is 4.40. The van der Waals surface area contributed by atoms with E-state index in [1.165, 1.54) is 18.2 Å². The number of carbonyl (C=O) groups excluding carboxylic acids is 1. The first-order chi connectivity index (χ1) is 13.8. The van der Waals surface area contributed by atoms with Crippen LogP contribution in [0.3, 0.4) is 0 Å². The van der Waals surface area contributed by atoms with Gasteiger partial charge in [-0.3, -0.25) is 9.52 Å². The van der Waals surface area contributed by atoms with E-state index in [0.29, 0.717) is 5.69 Å². The number of carbonyl (C=O) groups is 1. The van der Waals surface area contributed by atoms with E-state index in [1.807, 2.05) is 50.2 Å². The minimum Gasteiger partial charge on any atom is -0.346 e. The van der Waals surface area contributed by atoms with Crippen molar-refractivity contribution < 1.29 is 13.2 Å². The second-order valence-electron chi connectivity index (χ2n) is 6.73. The molecule has 0 aliphatic rings. The normalized spacial score (nSPS) is 12.2. The molecule has 0 fully saturated rings. The van der Waals surface area contributed by atoms with E-state index in [9.17, 15) is 13.2 Å². The molecule has 0 bridgehead atoms. The topological polar surface area (TPSA) is 75.3 Å². The van der Waals surface area contributed by atoms with Crippen LogP contribution in [0.25, 0.3) is 0 Å². The molecule has 3 rings (SSSR count). The summed E-state index contributed by atoms with van der Waals surface area (Å²) >= 11 is 6.13. The number of benzene rings is 3. The molecule has 0 saturated carbocycles. The summed E-state index contributed by atoms with van der Waals surface area (Å²) in [5, 5.41) is 2.91. The smallest absolute Gasteiger partial charge is 0.263 e. The van der Waals surface area contributed by atoms with Gasteiger partial charge in [0, 0.05) is 11.3 Å². The third kappa shape index (κ3) is 5.16. The Kier molecular flexibility index (Phi) is 6.25. The summed E-state index contributed by atoms with van der Waals surface area (Å²) in [6, 6.07) is 20.4. The molecule has 150 valence electrons. The van der Waals surface area contributed by atoms with Gasteiger partial charge < -0.3 is 5.32 Å². The highest BCUT2D eigenvalue weighted by Crippen LogP contribution is 2.26. The molecule has 1 unspecified atom stereocenters. The fraction of sp³-hybridized carbons (Fsp3) is 0.136. The van der Waals surface area contributed by atoms with Crippen molar-refractivity contribution >= 4 is 33.2 Å². The first kappa shape index (κ1) is 20.9. The van der Waals surface area contributed by atoms with E-state index in [1.54, 1.807) is 18.2 Å². The van der Waals surface area contributed by atoms with E-state index in [-0.39, 0.29) is 27.4 Å². The van der Waals surface area contributed by atoms with Gasteiger partial charge in [-0.2, -0.15) is 0 Å². The maximum absolute atomic E-state index is 12.8. The maximum Gasteiger partial charge on any atom is 0.263 e. The van der Waals surface area contributed by atoms with E-state index in [4.69, 9.17) is 11.6 Å². The summed E-state index contributed by atoms with van der Waals surface area (Å²) in [7, 11) is -3.96. The van der Waals surface area contributed by atoms with Crippen molar-refractivity contribution in [3.8, 4) is 0 Å². The lowest BCUT2D eigenvalue weighted by Crippen LogP contribution is -2.27. The molecular weight excluding hydrogens is 408 g/mol. The van der Waals surface area contributed by atoms with Gasteiger partial charge in [0.25, 0.3) is 15.9 Å².